The van der Waals surface area contributed by atoms with E-state index in [0.29, 0.717) is 23.9 Å². The number of ether oxygens (including phenoxy) is 1. The molecule has 0 bridgehead atoms. The molecule has 0 N–H and O–H groups in total. The van der Waals surface area contributed by atoms with Crippen LogP contribution in [-0.2, 0) is 0 Å². The van der Waals surface area contributed by atoms with Crippen LogP contribution in [0.2, 0.25) is 5.02 Å². The molecule has 5 rings (SSSR count). The molecule has 0 saturated carbocycles. The highest BCUT2D eigenvalue weighted by molar-refractivity contribution is 6.30. The molecule has 2 fully saturated rings. The predicted molar refractivity (Wildman–Crippen MR) is 103 cm³/mol. The lowest BCUT2D eigenvalue weighted by molar-refractivity contribution is 0.00920. The van der Waals surface area contributed by atoms with E-state index in [9.17, 15) is 4.79 Å². The van der Waals surface area contributed by atoms with Crippen molar-refractivity contribution in [3.63, 3.8) is 0 Å². The van der Waals surface area contributed by atoms with Crippen LogP contribution in [0.3, 0.4) is 0 Å². The monoisotopic (exact) mass is 385 g/mol. The Hall–Kier alpha value is -2.54. The molecule has 7 nitrogen and oxygen atoms in total. The molecule has 0 atom stereocenters. The number of hydrogen-bond donors (Lipinski definition) is 0. The van der Waals surface area contributed by atoms with Crippen LogP contribution >= 0.6 is 11.6 Å². The molecule has 27 heavy (non-hydrogen) atoms. The molecule has 1 spiro atoms. The molecular formula is C19H20ClN5O2. The van der Waals surface area contributed by atoms with Crippen LogP contribution in [0.1, 0.15) is 5.69 Å². The number of benzene rings is 1. The van der Waals surface area contributed by atoms with E-state index >= 15 is 0 Å². The number of carbonyl (C=O) groups excluding carboxylic acids is 1. The van der Waals surface area contributed by atoms with E-state index < -0.39 is 0 Å². The lowest BCUT2D eigenvalue weighted by Gasteiger charge is -2.60. The van der Waals surface area contributed by atoms with Gasteiger partial charge in [0.1, 0.15) is 12.4 Å². The zero-order valence-electron chi connectivity index (χ0n) is 15.1. The van der Waals surface area contributed by atoms with Gasteiger partial charge in [0.2, 0.25) is 0 Å². The molecule has 2 amide bonds. The molecule has 140 valence electrons. The first-order chi connectivity index (χ1) is 13.0. The first kappa shape index (κ1) is 16.6. The molecule has 0 unspecified atom stereocenters. The van der Waals surface area contributed by atoms with Crippen molar-refractivity contribution < 1.29 is 9.53 Å². The quantitative estimate of drug-likeness (QED) is 0.755. The predicted octanol–water partition coefficient (Wildman–Crippen LogP) is 2.58. The van der Waals surface area contributed by atoms with Gasteiger partial charge in [-0.05, 0) is 31.2 Å². The Labute approximate surface area is 162 Å². The second-order valence-electron chi connectivity index (χ2n) is 7.64. The maximum atomic E-state index is 13.0. The number of rotatable bonds is 1. The summed E-state index contributed by atoms with van der Waals surface area (Å²) in [7, 11) is 0. The maximum Gasteiger partial charge on any atom is 0.324 e. The zero-order valence-corrected chi connectivity index (χ0v) is 15.8. The van der Waals surface area contributed by atoms with Gasteiger partial charge in [0.15, 0.2) is 5.82 Å². The fourth-order valence-electron chi connectivity index (χ4n) is 4.15. The second kappa shape index (κ2) is 5.99. The largest absolute Gasteiger partial charge is 0.489 e. The molecule has 4 heterocycles. The van der Waals surface area contributed by atoms with Crippen LogP contribution in [0.5, 0.6) is 5.75 Å². The SMILES string of the molecule is Cc1ccc(N2CC3(CN(C(=O)N4CCOc5cc(Cl)ccc54)C3)C2)nn1. The van der Waals surface area contributed by atoms with E-state index in [1.54, 1.807) is 17.0 Å². The van der Waals surface area contributed by atoms with Crippen molar-refractivity contribution in [3.05, 3.63) is 41.0 Å². The van der Waals surface area contributed by atoms with Gasteiger partial charge in [0.05, 0.1) is 17.9 Å². The van der Waals surface area contributed by atoms with Gasteiger partial charge in [0, 0.05) is 42.7 Å². The van der Waals surface area contributed by atoms with Crippen LogP contribution in [0.15, 0.2) is 30.3 Å². The summed E-state index contributed by atoms with van der Waals surface area (Å²) in [6.45, 7) is 6.37. The van der Waals surface area contributed by atoms with Crippen LogP contribution < -0.4 is 14.5 Å². The number of urea groups is 1. The summed E-state index contributed by atoms with van der Waals surface area (Å²) in [5.74, 6) is 1.58. The smallest absolute Gasteiger partial charge is 0.324 e. The highest BCUT2D eigenvalue weighted by Gasteiger charge is 2.54. The summed E-state index contributed by atoms with van der Waals surface area (Å²) in [6.07, 6.45) is 0. The van der Waals surface area contributed by atoms with Crippen molar-refractivity contribution in [2.24, 2.45) is 5.41 Å². The summed E-state index contributed by atoms with van der Waals surface area (Å²) < 4.78 is 5.64. The number of fused-ring (bicyclic) bond motifs is 1. The minimum Gasteiger partial charge on any atom is -0.489 e. The minimum absolute atomic E-state index is 0.0427. The van der Waals surface area contributed by atoms with Gasteiger partial charge in [-0.1, -0.05) is 11.6 Å². The minimum atomic E-state index is 0.0427. The molecule has 2 saturated heterocycles. The van der Waals surface area contributed by atoms with Crippen LogP contribution in [-0.4, -0.2) is 60.5 Å². The van der Waals surface area contributed by atoms with E-state index in [1.165, 1.54) is 0 Å². The third kappa shape index (κ3) is 2.77. The van der Waals surface area contributed by atoms with Crippen molar-refractivity contribution in [3.8, 4) is 5.75 Å². The van der Waals surface area contributed by atoms with Gasteiger partial charge in [-0.15, -0.1) is 5.10 Å². The average Bonchev–Trinajstić information content (AvgIpc) is 2.59. The topological polar surface area (TPSA) is 61.8 Å². The number of hydrogen-bond acceptors (Lipinski definition) is 5. The average molecular weight is 386 g/mol. The first-order valence-corrected chi connectivity index (χ1v) is 9.45. The molecule has 0 radical (unpaired) electrons. The van der Waals surface area contributed by atoms with E-state index in [1.807, 2.05) is 30.0 Å². The van der Waals surface area contributed by atoms with Gasteiger partial charge < -0.3 is 14.5 Å². The second-order valence-corrected chi connectivity index (χ2v) is 8.08. The summed E-state index contributed by atoms with van der Waals surface area (Å²) >= 11 is 6.03. The lowest BCUT2D eigenvalue weighted by Crippen LogP contribution is -2.74. The molecule has 0 aliphatic carbocycles. The molecule has 1 aromatic heterocycles. The van der Waals surface area contributed by atoms with E-state index in [4.69, 9.17) is 16.3 Å². The van der Waals surface area contributed by atoms with Gasteiger partial charge >= 0.3 is 6.03 Å². The van der Waals surface area contributed by atoms with Crippen molar-refractivity contribution in [2.75, 3.05) is 49.1 Å². The maximum absolute atomic E-state index is 13.0. The number of aryl methyl sites for hydroxylation is 1. The highest BCUT2D eigenvalue weighted by Crippen LogP contribution is 2.43. The Morgan fingerprint density at radius 1 is 1.15 bits per heavy atom. The summed E-state index contributed by atoms with van der Waals surface area (Å²) in [5.41, 5.74) is 1.90. The summed E-state index contributed by atoms with van der Waals surface area (Å²) in [4.78, 5) is 18.9. The van der Waals surface area contributed by atoms with Crippen molar-refractivity contribution in [1.29, 1.82) is 0 Å². The third-order valence-electron chi connectivity index (χ3n) is 5.50. The lowest BCUT2D eigenvalue weighted by atomic mass is 9.73. The van der Waals surface area contributed by atoms with E-state index in [-0.39, 0.29) is 11.4 Å². The number of aromatic nitrogens is 2. The fraction of sp³-hybridized carbons (Fsp3) is 0.421. The number of halogens is 1. The Morgan fingerprint density at radius 3 is 2.70 bits per heavy atom. The molecule has 3 aliphatic rings. The molecule has 3 aliphatic heterocycles. The number of anilines is 2. The Morgan fingerprint density at radius 2 is 1.96 bits per heavy atom. The number of nitrogens with zero attached hydrogens (tertiary/aromatic N) is 5. The fourth-order valence-corrected chi connectivity index (χ4v) is 4.31. The van der Waals surface area contributed by atoms with Crippen LogP contribution in [0.25, 0.3) is 0 Å². The van der Waals surface area contributed by atoms with Gasteiger partial charge in [-0.25, -0.2) is 4.79 Å². The van der Waals surface area contributed by atoms with E-state index in [2.05, 4.69) is 15.1 Å². The standard InChI is InChI=1S/C19H20ClN5O2/c1-13-2-5-17(22-21-13)23-9-19(10-23)11-24(12-19)18(26)25-6-7-27-16-8-14(20)3-4-15(16)25/h2-5,8H,6-7,9-12H2,1H3. The third-order valence-corrected chi connectivity index (χ3v) is 5.73. The number of carbonyl (C=O) groups is 1. The van der Waals surface area contributed by atoms with Crippen molar-refractivity contribution in [2.45, 2.75) is 6.92 Å². The van der Waals surface area contributed by atoms with Crippen LogP contribution in [0.4, 0.5) is 16.3 Å². The van der Waals surface area contributed by atoms with Crippen LogP contribution in [0, 0.1) is 12.3 Å². The number of amides is 2. The Bertz CT molecular complexity index is 889. The normalized spacial score (nSPS) is 19.9. The zero-order chi connectivity index (χ0) is 18.6. The molecule has 8 heteroatoms. The van der Waals surface area contributed by atoms with Gasteiger partial charge in [-0.3, -0.25) is 4.90 Å². The Balaban J connectivity index is 1.22. The molecule has 2 aromatic rings. The number of likely N-dealkylation sites (tertiary alicyclic amines) is 1. The molecular weight excluding hydrogens is 366 g/mol. The Kier molecular flexibility index (Phi) is 3.69. The van der Waals surface area contributed by atoms with Crippen molar-refractivity contribution in [1.82, 2.24) is 15.1 Å². The van der Waals surface area contributed by atoms with Gasteiger partial charge in [0.25, 0.3) is 0 Å². The highest BCUT2D eigenvalue weighted by atomic mass is 35.5. The van der Waals surface area contributed by atoms with E-state index in [0.717, 1.165) is 43.4 Å². The summed E-state index contributed by atoms with van der Waals surface area (Å²) in [5, 5.41) is 8.98. The van der Waals surface area contributed by atoms with Crippen molar-refractivity contribution >= 4 is 29.1 Å². The first-order valence-electron chi connectivity index (χ1n) is 9.07. The van der Waals surface area contributed by atoms with Gasteiger partial charge in [-0.2, -0.15) is 5.10 Å². The summed E-state index contributed by atoms with van der Waals surface area (Å²) in [6, 6.07) is 9.44. The molecule has 1 aromatic carbocycles.